The van der Waals surface area contributed by atoms with E-state index in [4.69, 9.17) is 14.2 Å². The molecule has 1 fully saturated rings. The summed E-state index contributed by atoms with van der Waals surface area (Å²) in [5.74, 6) is 1.39. The molecule has 4 heteroatoms. The summed E-state index contributed by atoms with van der Waals surface area (Å²) >= 11 is 0. The molecule has 7 rings (SSSR count). The molecule has 0 atom stereocenters. The number of hydrogen-bond donors (Lipinski definition) is 0. The van der Waals surface area contributed by atoms with Crippen LogP contribution in [0.5, 0.6) is 5.75 Å². The second-order valence-corrected chi connectivity index (χ2v) is 12.1. The van der Waals surface area contributed by atoms with Crippen LogP contribution >= 0.6 is 0 Å². The average Bonchev–Trinajstić information content (AvgIpc) is 3.05. The first-order valence-corrected chi connectivity index (χ1v) is 15.8. The van der Waals surface area contributed by atoms with Crippen LogP contribution in [-0.2, 0) is 35.3 Å². The number of ether oxygens (including phenoxy) is 3. The lowest BCUT2D eigenvalue weighted by molar-refractivity contribution is -0.141. The van der Waals surface area contributed by atoms with Crippen molar-refractivity contribution < 1.29 is 14.2 Å². The quantitative estimate of drug-likeness (QED) is 0.190. The summed E-state index contributed by atoms with van der Waals surface area (Å²) in [5, 5.41) is 0. The Hall–Kier alpha value is -3.86. The minimum absolute atomic E-state index is 0.111. The molecule has 1 saturated heterocycles. The molecule has 4 aromatic carbocycles. The summed E-state index contributed by atoms with van der Waals surface area (Å²) in [5.41, 5.74) is 13.7. The topological polar surface area (TPSA) is 30.9 Å². The molecule has 3 aliphatic rings. The highest BCUT2D eigenvalue weighted by atomic mass is 16.7. The highest BCUT2D eigenvalue weighted by molar-refractivity contribution is 6.01. The molecule has 4 nitrogen and oxygen atoms in total. The first kappa shape index (κ1) is 27.9. The number of nitrogens with zero attached hydrogens (tertiary/aromatic N) is 1. The van der Waals surface area contributed by atoms with Crippen molar-refractivity contribution in [3.8, 4) is 5.75 Å². The smallest absolute Gasteiger partial charge is 0.159 e. The molecule has 220 valence electrons. The zero-order valence-electron chi connectivity index (χ0n) is 25.4. The highest BCUT2D eigenvalue weighted by Crippen LogP contribution is 2.43. The van der Waals surface area contributed by atoms with Gasteiger partial charge in [0.25, 0.3) is 0 Å². The Morgan fingerprint density at radius 2 is 1.42 bits per heavy atom. The molecule has 1 aliphatic heterocycles. The predicted octanol–water partition coefficient (Wildman–Crippen LogP) is 8.10. The fraction of sp³-hybridized carbons (Fsp3) is 0.333. The molecule has 0 spiro atoms. The van der Waals surface area contributed by atoms with E-state index >= 15 is 0 Å². The van der Waals surface area contributed by atoms with Crippen molar-refractivity contribution in [3.05, 3.63) is 130 Å². The van der Waals surface area contributed by atoms with Crippen LogP contribution in [0.3, 0.4) is 0 Å². The first-order chi connectivity index (χ1) is 21.2. The SMILES string of the molecule is COC(OC)C1CCN(c2ccc(C3=C(c4ccc5c(c4)CC5)CCc4cc(OCc5ccccc5)ccc43)cc2)CC1. The van der Waals surface area contributed by atoms with E-state index in [-0.39, 0.29) is 6.29 Å². The van der Waals surface area contributed by atoms with Gasteiger partial charge in [0.1, 0.15) is 12.4 Å². The number of methoxy groups -OCH3 is 2. The molecule has 0 saturated carbocycles. The Balaban J connectivity index is 1.18. The third kappa shape index (κ3) is 5.74. The lowest BCUT2D eigenvalue weighted by Gasteiger charge is -2.36. The molecule has 4 aromatic rings. The fourth-order valence-corrected chi connectivity index (χ4v) is 7.15. The second kappa shape index (κ2) is 12.4. The van der Waals surface area contributed by atoms with Crippen LogP contribution in [0, 0.1) is 5.92 Å². The summed E-state index contributed by atoms with van der Waals surface area (Å²) in [6.07, 6.45) is 6.50. The number of rotatable bonds is 9. The van der Waals surface area contributed by atoms with Crippen LogP contribution < -0.4 is 9.64 Å². The van der Waals surface area contributed by atoms with Crippen molar-refractivity contribution in [2.24, 2.45) is 5.92 Å². The Bertz CT molecular complexity index is 1600. The summed E-state index contributed by atoms with van der Waals surface area (Å²) in [6.45, 7) is 2.62. The zero-order valence-corrected chi connectivity index (χ0v) is 25.4. The van der Waals surface area contributed by atoms with E-state index in [1.807, 2.05) is 6.07 Å². The van der Waals surface area contributed by atoms with Crippen molar-refractivity contribution >= 4 is 16.8 Å². The summed E-state index contributed by atoms with van der Waals surface area (Å²) < 4.78 is 17.3. The largest absolute Gasteiger partial charge is 0.489 e. The van der Waals surface area contributed by atoms with E-state index in [2.05, 4.69) is 89.8 Å². The van der Waals surface area contributed by atoms with Gasteiger partial charge in [-0.2, -0.15) is 0 Å². The van der Waals surface area contributed by atoms with Crippen LogP contribution in [0.4, 0.5) is 5.69 Å². The van der Waals surface area contributed by atoms with Gasteiger partial charge in [-0.25, -0.2) is 0 Å². The van der Waals surface area contributed by atoms with Gasteiger partial charge in [0, 0.05) is 38.9 Å². The van der Waals surface area contributed by atoms with Gasteiger partial charge in [-0.15, -0.1) is 0 Å². The van der Waals surface area contributed by atoms with Crippen molar-refractivity contribution in [3.63, 3.8) is 0 Å². The molecule has 0 bridgehead atoms. The molecule has 0 N–H and O–H groups in total. The Morgan fingerprint density at radius 3 is 2.12 bits per heavy atom. The van der Waals surface area contributed by atoms with Crippen LogP contribution in [-0.4, -0.2) is 33.6 Å². The lowest BCUT2D eigenvalue weighted by atomic mass is 9.78. The fourth-order valence-electron chi connectivity index (χ4n) is 7.15. The number of benzene rings is 4. The van der Waals surface area contributed by atoms with Crippen molar-refractivity contribution in [2.45, 2.75) is 51.4 Å². The maximum Gasteiger partial charge on any atom is 0.159 e. The average molecular weight is 572 g/mol. The highest BCUT2D eigenvalue weighted by Gasteiger charge is 2.27. The first-order valence-electron chi connectivity index (χ1n) is 15.8. The van der Waals surface area contributed by atoms with Gasteiger partial charge in [0.15, 0.2) is 6.29 Å². The number of anilines is 1. The number of hydrogen-bond acceptors (Lipinski definition) is 4. The summed E-state index contributed by atoms with van der Waals surface area (Å²) in [6, 6.07) is 33.5. The number of aryl methyl sites for hydroxylation is 3. The number of allylic oxidation sites excluding steroid dienone is 1. The monoisotopic (exact) mass is 571 g/mol. The van der Waals surface area contributed by atoms with Gasteiger partial charge in [-0.05, 0) is 113 Å². The zero-order chi connectivity index (χ0) is 29.2. The number of piperidine rings is 1. The molecule has 2 aliphatic carbocycles. The van der Waals surface area contributed by atoms with Crippen molar-refractivity contribution in [1.29, 1.82) is 0 Å². The molecule has 43 heavy (non-hydrogen) atoms. The van der Waals surface area contributed by atoms with Gasteiger partial charge >= 0.3 is 0 Å². The maximum absolute atomic E-state index is 6.23. The Kier molecular flexibility index (Phi) is 8.06. The third-order valence-electron chi connectivity index (χ3n) is 9.67. The Morgan fingerprint density at radius 1 is 0.698 bits per heavy atom. The normalized spacial score (nSPS) is 16.6. The lowest BCUT2D eigenvalue weighted by Crippen LogP contribution is -2.39. The van der Waals surface area contributed by atoms with E-state index in [0.717, 1.165) is 44.5 Å². The predicted molar refractivity (Wildman–Crippen MR) is 174 cm³/mol. The minimum Gasteiger partial charge on any atom is -0.489 e. The van der Waals surface area contributed by atoms with Gasteiger partial charge in [0.05, 0.1) is 0 Å². The van der Waals surface area contributed by atoms with Crippen LogP contribution in [0.25, 0.3) is 11.1 Å². The molecule has 0 unspecified atom stereocenters. The van der Waals surface area contributed by atoms with Crippen LogP contribution in [0.1, 0.15) is 58.2 Å². The van der Waals surface area contributed by atoms with Crippen molar-refractivity contribution in [2.75, 3.05) is 32.2 Å². The molecular weight excluding hydrogens is 530 g/mol. The molecular formula is C39H41NO3. The Labute approximate surface area is 255 Å². The minimum atomic E-state index is -0.111. The van der Waals surface area contributed by atoms with Crippen LogP contribution in [0.15, 0.2) is 91.0 Å². The molecule has 0 aromatic heterocycles. The van der Waals surface area contributed by atoms with Crippen molar-refractivity contribution in [1.82, 2.24) is 0 Å². The summed E-state index contributed by atoms with van der Waals surface area (Å²) in [4.78, 5) is 2.50. The molecule has 1 heterocycles. The third-order valence-corrected chi connectivity index (χ3v) is 9.67. The van der Waals surface area contributed by atoms with E-state index in [9.17, 15) is 0 Å². The van der Waals surface area contributed by atoms with E-state index in [0.29, 0.717) is 12.5 Å². The molecule has 0 radical (unpaired) electrons. The maximum atomic E-state index is 6.23. The van der Waals surface area contributed by atoms with Gasteiger partial charge in [-0.3, -0.25) is 0 Å². The molecule has 0 amide bonds. The van der Waals surface area contributed by atoms with Gasteiger partial charge in [0.2, 0.25) is 0 Å². The van der Waals surface area contributed by atoms with E-state index in [1.54, 1.807) is 14.2 Å². The van der Waals surface area contributed by atoms with E-state index < -0.39 is 0 Å². The van der Waals surface area contributed by atoms with Gasteiger partial charge in [-0.1, -0.05) is 66.7 Å². The standard InChI is InChI=1S/C39H41NO3/c1-41-39(42-2)30-20-22-40(23-21-30)34-15-12-29(13-16-34)38-36(32-11-9-28-8-10-31(28)24-32)18-14-33-25-35(17-19-37(33)38)43-26-27-6-4-3-5-7-27/h3-7,9,11-13,15-17,19,24-25,30,39H,8,10,14,18,20-23,26H2,1-2H3. The van der Waals surface area contributed by atoms with Gasteiger partial charge < -0.3 is 19.1 Å². The summed E-state index contributed by atoms with van der Waals surface area (Å²) in [7, 11) is 3.48. The van der Waals surface area contributed by atoms with Crippen LogP contribution in [0.2, 0.25) is 0 Å². The van der Waals surface area contributed by atoms with E-state index in [1.165, 1.54) is 68.6 Å². The number of fused-ring (bicyclic) bond motifs is 2. The second-order valence-electron chi connectivity index (χ2n) is 12.1.